The van der Waals surface area contributed by atoms with Crippen LogP contribution in [0.5, 0.6) is 0 Å². The summed E-state index contributed by atoms with van der Waals surface area (Å²) in [6, 6.07) is 5.07. The van der Waals surface area contributed by atoms with Crippen LogP contribution in [0.15, 0.2) is 22.7 Å². The van der Waals surface area contributed by atoms with E-state index >= 15 is 0 Å². The van der Waals surface area contributed by atoms with E-state index in [4.69, 9.17) is 0 Å². The topological polar surface area (TPSA) is 24.9 Å². The fourth-order valence-corrected chi connectivity index (χ4v) is 3.26. The number of hydrogen-bond donors (Lipinski definition) is 1. The number of halogens is 2. The highest BCUT2D eigenvalue weighted by Crippen LogP contribution is 2.31. The maximum Gasteiger partial charge on any atom is 0.134 e. The van der Waals surface area contributed by atoms with E-state index < -0.39 is 0 Å². The maximum absolute atomic E-state index is 13.9. The third-order valence-electron chi connectivity index (χ3n) is 2.61. The second kappa shape index (κ2) is 5.91. The number of aromatic nitrogens is 1. The molecule has 0 amide bonds. The lowest BCUT2D eigenvalue weighted by Gasteiger charge is -1.99. The Kier molecular flexibility index (Phi) is 4.48. The number of thiazole rings is 1. The Labute approximate surface area is 118 Å². The Hall–Kier alpha value is -0.780. The van der Waals surface area contributed by atoms with Gasteiger partial charge >= 0.3 is 0 Å². The molecule has 0 fully saturated rings. The molecule has 1 aromatic carbocycles. The highest BCUT2D eigenvalue weighted by atomic mass is 79.9. The molecule has 96 valence electrons. The Morgan fingerprint density at radius 1 is 1.44 bits per heavy atom. The molecule has 1 heterocycles. The third kappa shape index (κ3) is 2.79. The van der Waals surface area contributed by atoms with E-state index in [0.717, 1.165) is 28.1 Å². The molecule has 18 heavy (non-hydrogen) atoms. The Morgan fingerprint density at radius 2 is 2.22 bits per heavy atom. The number of benzene rings is 1. The van der Waals surface area contributed by atoms with Crippen LogP contribution < -0.4 is 5.32 Å². The van der Waals surface area contributed by atoms with Crippen LogP contribution in [0.25, 0.3) is 10.6 Å². The van der Waals surface area contributed by atoms with E-state index in [-0.39, 0.29) is 5.82 Å². The van der Waals surface area contributed by atoms with Gasteiger partial charge in [0.25, 0.3) is 0 Å². The standard InChI is InChI=1S/C13H14BrFN2S/c1-3-11-12(7-16-2)18-13(17-11)9-5-4-8(14)6-10(9)15/h4-6,16H,3,7H2,1-2H3. The molecule has 0 spiro atoms. The molecule has 2 rings (SSSR count). The predicted octanol–water partition coefficient (Wildman–Crippen LogP) is 3.99. The van der Waals surface area contributed by atoms with E-state index in [1.807, 2.05) is 13.1 Å². The lowest BCUT2D eigenvalue weighted by Crippen LogP contribution is -2.05. The fraction of sp³-hybridized carbons (Fsp3) is 0.308. The summed E-state index contributed by atoms with van der Waals surface area (Å²) in [4.78, 5) is 5.71. The molecular formula is C13H14BrFN2S. The van der Waals surface area contributed by atoms with Gasteiger partial charge in [0, 0.05) is 21.5 Å². The van der Waals surface area contributed by atoms with Gasteiger partial charge in [-0.15, -0.1) is 11.3 Å². The van der Waals surface area contributed by atoms with Crippen molar-refractivity contribution < 1.29 is 4.39 Å². The van der Waals surface area contributed by atoms with Gasteiger partial charge in [-0.2, -0.15) is 0 Å². The number of aryl methyl sites for hydroxylation is 1. The van der Waals surface area contributed by atoms with E-state index in [2.05, 4.69) is 33.2 Å². The fourth-order valence-electron chi connectivity index (χ4n) is 1.74. The quantitative estimate of drug-likeness (QED) is 0.917. The number of nitrogens with one attached hydrogen (secondary N) is 1. The summed E-state index contributed by atoms with van der Waals surface area (Å²) in [6.07, 6.45) is 0.867. The zero-order valence-corrected chi connectivity index (χ0v) is 12.7. The van der Waals surface area contributed by atoms with Crippen LogP contribution in [0, 0.1) is 5.82 Å². The Balaban J connectivity index is 2.44. The SMILES string of the molecule is CCc1nc(-c2ccc(Br)cc2F)sc1CNC. The van der Waals surface area contributed by atoms with Crippen molar-refractivity contribution in [1.82, 2.24) is 10.3 Å². The van der Waals surface area contributed by atoms with Gasteiger partial charge in [0.05, 0.1) is 5.69 Å². The molecule has 0 aliphatic rings. The molecule has 0 unspecified atom stereocenters. The summed E-state index contributed by atoms with van der Waals surface area (Å²) in [6.45, 7) is 2.84. The summed E-state index contributed by atoms with van der Waals surface area (Å²) < 4.78 is 14.6. The van der Waals surface area contributed by atoms with E-state index in [1.54, 1.807) is 17.4 Å². The van der Waals surface area contributed by atoms with Gasteiger partial charge in [-0.3, -0.25) is 0 Å². The summed E-state index contributed by atoms with van der Waals surface area (Å²) in [5, 5.41) is 3.87. The highest BCUT2D eigenvalue weighted by molar-refractivity contribution is 9.10. The molecule has 2 nitrogen and oxygen atoms in total. The van der Waals surface area contributed by atoms with Gasteiger partial charge in [-0.25, -0.2) is 9.37 Å². The summed E-state index contributed by atoms with van der Waals surface area (Å²) in [7, 11) is 1.90. The van der Waals surface area contributed by atoms with Crippen LogP contribution in [0.1, 0.15) is 17.5 Å². The second-order valence-corrected chi connectivity index (χ2v) is 5.90. The number of rotatable bonds is 4. The minimum absolute atomic E-state index is 0.239. The molecule has 1 N–H and O–H groups in total. The van der Waals surface area contributed by atoms with Gasteiger partial charge in [0.2, 0.25) is 0 Å². The van der Waals surface area contributed by atoms with Gasteiger partial charge in [-0.05, 0) is 31.7 Å². The van der Waals surface area contributed by atoms with E-state index in [0.29, 0.717) is 5.56 Å². The first-order valence-corrected chi connectivity index (χ1v) is 7.35. The van der Waals surface area contributed by atoms with Gasteiger partial charge in [0.1, 0.15) is 10.8 Å². The molecule has 0 radical (unpaired) electrons. The molecule has 2 aromatic rings. The third-order valence-corrected chi connectivity index (χ3v) is 4.24. The lowest BCUT2D eigenvalue weighted by atomic mass is 10.2. The van der Waals surface area contributed by atoms with Crippen molar-refractivity contribution in [3.05, 3.63) is 39.1 Å². The second-order valence-electron chi connectivity index (χ2n) is 3.90. The molecule has 0 atom stereocenters. The summed E-state index contributed by atoms with van der Waals surface area (Å²) in [5.74, 6) is -0.239. The average molecular weight is 329 g/mol. The van der Waals surface area contributed by atoms with Crippen molar-refractivity contribution in [2.75, 3.05) is 7.05 Å². The molecule has 1 aromatic heterocycles. The molecule has 0 saturated heterocycles. The van der Waals surface area contributed by atoms with Crippen molar-refractivity contribution >= 4 is 27.3 Å². The minimum atomic E-state index is -0.239. The van der Waals surface area contributed by atoms with Crippen molar-refractivity contribution in [3.8, 4) is 10.6 Å². The zero-order valence-electron chi connectivity index (χ0n) is 10.3. The molecular weight excluding hydrogens is 315 g/mol. The Morgan fingerprint density at radius 3 is 2.83 bits per heavy atom. The summed E-state index contributed by atoms with van der Waals surface area (Å²) in [5.41, 5.74) is 1.62. The van der Waals surface area contributed by atoms with Crippen LogP contribution >= 0.6 is 27.3 Å². The van der Waals surface area contributed by atoms with Gasteiger partial charge < -0.3 is 5.32 Å². The lowest BCUT2D eigenvalue weighted by molar-refractivity contribution is 0.630. The molecule has 0 bridgehead atoms. The van der Waals surface area contributed by atoms with Crippen molar-refractivity contribution in [2.24, 2.45) is 0 Å². The summed E-state index contributed by atoms with van der Waals surface area (Å²) >= 11 is 4.81. The molecule has 0 aliphatic heterocycles. The zero-order chi connectivity index (χ0) is 13.1. The monoisotopic (exact) mass is 328 g/mol. The smallest absolute Gasteiger partial charge is 0.134 e. The maximum atomic E-state index is 13.9. The number of hydrogen-bond acceptors (Lipinski definition) is 3. The first-order chi connectivity index (χ1) is 8.65. The van der Waals surface area contributed by atoms with Crippen molar-refractivity contribution in [2.45, 2.75) is 19.9 Å². The molecule has 0 saturated carbocycles. The first kappa shape index (κ1) is 13.6. The van der Waals surface area contributed by atoms with Crippen molar-refractivity contribution in [1.29, 1.82) is 0 Å². The van der Waals surface area contributed by atoms with Crippen LogP contribution in [-0.2, 0) is 13.0 Å². The first-order valence-electron chi connectivity index (χ1n) is 5.74. The van der Waals surface area contributed by atoms with Crippen LogP contribution in [0.2, 0.25) is 0 Å². The Bertz CT molecular complexity index is 554. The largest absolute Gasteiger partial charge is 0.315 e. The number of nitrogens with zero attached hydrogens (tertiary/aromatic N) is 1. The molecule has 0 aliphatic carbocycles. The highest BCUT2D eigenvalue weighted by Gasteiger charge is 2.13. The van der Waals surface area contributed by atoms with Gasteiger partial charge in [0.15, 0.2) is 0 Å². The average Bonchev–Trinajstić information content (AvgIpc) is 2.72. The normalized spacial score (nSPS) is 10.9. The molecule has 5 heteroatoms. The van der Waals surface area contributed by atoms with E-state index in [1.165, 1.54) is 10.9 Å². The van der Waals surface area contributed by atoms with Gasteiger partial charge in [-0.1, -0.05) is 22.9 Å². The van der Waals surface area contributed by atoms with Crippen molar-refractivity contribution in [3.63, 3.8) is 0 Å². The minimum Gasteiger partial charge on any atom is -0.315 e. The van der Waals surface area contributed by atoms with Crippen LogP contribution in [-0.4, -0.2) is 12.0 Å². The van der Waals surface area contributed by atoms with Crippen LogP contribution in [0.3, 0.4) is 0 Å². The van der Waals surface area contributed by atoms with Crippen LogP contribution in [0.4, 0.5) is 4.39 Å². The van der Waals surface area contributed by atoms with E-state index in [9.17, 15) is 4.39 Å². The predicted molar refractivity (Wildman–Crippen MR) is 77.3 cm³/mol.